The molecule has 112 valence electrons. The van der Waals surface area contributed by atoms with Crippen molar-refractivity contribution in [2.75, 3.05) is 13.6 Å². The Balaban J connectivity index is 2.27. The molecule has 0 aliphatic rings. The van der Waals surface area contributed by atoms with Crippen LogP contribution in [0.3, 0.4) is 0 Å². The van der Waals surface area contributed by atoms with Gasteiger partial charge in [-0.05, 0) is 30.8 Å². The Morgan fingerprint density at radius 2 is 1.95 bits per heavy atom. The van der Waals surface area contributed by atoms with E-state index >= 15 is 0 Å². The molecular formula is C16H17BrClFN2. The van der Waals surface area contributed by atoms with Gasteiger partial charge in [0.25, 0.3) is 0 Å². The predicted octanol–water partition coefficient (Wildman–Crippen LogP) is 4.37. The van der Waals surface area contributed by atoms with E-state index in [1.54, 1.807) is 12.1 Å². The maximum absolute atomic E-state index is 14.1. The van der Waals surface area contributed by atoms with E-state index in [-0.39, 0.29) is 11.9 Å². The van der Waals surface area contributed by atoms with Crippen molar-refractivity contribution in [3.05, 3.63) is 68.9 Å². The molecular weight excluding hydrogens is 355 g/mol. The Hall–Kier alpha value is -0.940. The fourth-order valence-electron chi connectivity index (χ4n) is 2.35. The minimum atomic E-state index is -0.322. The molecule has 5 heteroatoms. The number of hydrogen-bond acceptors (Lipinski definition) is 2. The summed E-state index contributed by atoms with van der Waals surface area (Å²) in [7, 11) is 1.92. The summed E-state index contributed by atoms with van der Waals surface area (Å²) < 4.78 is 15.1. The lowest BCUT2D eigenvalue weighted by molar-refractivity contribution is 0.236. The third-order valence-corrected chi connectivity index (χ3v) is 4.57. The van der Waals surface area contributed by atoms with Crippen molar-refractivity contribution in [3.63, 3.8) is 0 Å². The molecule has 21 heavy (non-hydrogen) atoms. The molecule has 0 saturated carbocycles. The van der Waals surface area contributed by atoms with Crippen molar-refractivity contribution >= 4 is 27.5 Å². The van der Waals surface area contributed by atoms with Gasteiger partial charge < -0.3 is 5.73 Å². The summed E-state index contributed by atoms with van der Waals surface area (Å²) in [4.78, 5) is 2.00. The van der Waals surface area contributed by atoms with Gasteiger partial charge in [0.2, 0.25) is 0 Å². The highest BCUT2D eigenvalue weighted by Gasteiger charge is 2.22. The molecule has 2 N–H and O–H groups in total. The third-order valence-electron chi connectivity index (χ3n) is 3.47. The quantitative estimate of drug-likeness (QED) is 0.845. The Kier molecular flexibility index (Phi) is 5.76. The van der Waals surface area contributed by atoms with E-state index in [2.05, 4.69) is 15.9 Å². The van der Waals surface area contributed by atoms with Gasteiger partial charge in [-0.2, -0.15) is 0 Å². The van der Waals surface area contributed by atoms with Crippen LogP contribution < -0.4 is 5.73 Å². The van der Waals surface area contributed by atoms with Gasteiger partial charge in [-0.15, -0.1) is 0 Å². The van der Waals surface area contributed by atoms with Crippen molar-refractivity contribution in [2.24, 2.45) is 5.73 Å². The van der Waals surface area contributed by atoms with Crippen LogP contribution in [-0.2, 0) is 6.54 Å². The normalized spacial score (nSPS) is 12.7. The molecule has 0 radical (unpaired) electrons. The first-order chi connectivity index (χ1) is 10.0. The van der Waals surface area contributed by atoms with E-state index < -0.39 is 0 Å². The monoisotopic (exact) mass is 370 g/mol. The van der Waals surface area contributed by atoms with Gasteiger partial charge in [0.15, 0.2) is 0 Å². The number of halogens is 3. The van der Waals surface area contributed by atoms with E-state index in [4.69, 9.17) is 17.3 Å². The summed E-state index contributed by atoms with van der Waals surface area (Å²) in [5.41, 5.74) is 7.43. The van der Waals surface area contributed by atoms with Crippen LogP contribution in [0.15, 0.2) is 46.9 Å². The molecule has 0 aromatic heterocycles. The number of nitrogens with zero attached hydrogens (tertiary/aromatic N) is 1. The van der Waals surface area contributed by atoms with Crippen molar-refractivity contribution < 1.29 is 4.39 Å². The largest absolute Gasteiger partial charge is 0.329 e. The first kappa shape index (κ1) is 16.4. The zero-order chi connectivity index (χ0) is 15.4. The molecule has 0 saturated heterocycles. The fraction of sp³-hybridized carbons (Fsp3) is 0.250. The molecule has 0 amide bonds. The third kappa shape index (κ3) is 3.83. The molecule has 2 aromatic carbocycles. The summed E-state index contributed by atoms with van der Waals surface area (Å²) in [6.45, 7) is 0.940. The van der Waals surface area contributed by atoms with Crippen LogP contribution in [-0.4, -0.2) is 18.5 Å². The highest BCUT2D eigenvalue weighted by molar-refractivity contribution is 9.10. The molecule has 0 fully saturated rings. The first-order valence-corrected chi connectivity index (χ1v) is 7.79. The molecule has 0 bridgehead atoms. The lowest BCUT2D eigenvalue weighted by Gasteiger charge is -2.28. The Labute approximate surface area is 137 Å². The highest BCUT2D eigenvalue weighted by Crippen LogP contribution is 2.30. The summed E-state index contributed by atoms with van der Waals surface area (Å²) in [6, 6.07) is 12.4. The minimum Gasteiger partial charge on any atom is -0.329 e. The van der Waals surface area contributed by atoms with Gasteiger partial charge in [0.05, 0.1) is 6.04 Å². The minimum absolute atomic E-state index is 0.272. The number of benzene rings is 2. The van der Waals surface area contributed by atoms with Crippen LogP contribution in [0.1, 0.15) is 17.2 Å². The molecule has 1 unspecified atom stereocenters. The van der Waals surface area contributed by atoms with Gasteiger partial charge in [0.1, 0.15) is 5.82 Å². The van der Waals surface area contributed by atoms with Gasteiger partial charge in [-0.3, -0.25) is 4.90 Å². The van der Waals surface area contributed by atoms with Crippen LogP contribution in [0.5, 0.6) is 0 Å². The molecule has 2 nitrogen and oxygen atoms in total. The van der Waals surface area contributed by atoms with Crippen molar-refractivity contribution in [1.29, 1.82) is 0 Å². The smallest absolute Gasteiger partial charge is 0.129 e. The van der Waals surface area contributed by atoms with Gasteiger partial charge >= 0.3 is 0 Å². The maximum atomic E-state index is 14.1. The molecule has 2 rings (SSSR count). The first-order valence-electron chi connectivity index (χ1n) is 6.62. The van der Waals surface area contributed by atoms with Crippen molar-refractivity contribution in [3.8, 4) is 0 Å². The zero-order valence-corrected chi connectivity index (χ0v) is 14.0. The van der Waals surface area contributed by atoms with E-state index in [9.17, 15) is 4.39 Å². The lowest BCUT2D eigenvalue weighted by Crippen LogP contribution is -2.31. The van der Waals surface area contributed by atoms with E-state index in [0.29, 0.717) is 23.7 Å². The maximum Gasteiger partial charge on any atom is 0.129 e. The topological polar surface area (TPSA) is 29.3 Å². The van der Waals surface area contributed by atoms with Gasteiger partial charge in [0, 0.05) is 28.1 Å². The number of rotatable bonds is 5. The van der Waals surface area contributed by atoms with Crippen LogP contribution in [0.4, 0.5) is 4.39 Å². The standard InChI is InChI=1S/C16H17BrClFN2/c1-21(10-11-5-2-3-6-12(11)17)15(9-20)16-13(18)7-4-8-14(16)19/h2-8,15H,9-10,20H2,1H3. The van der Waals surface area contributed by atoms with E-state index in [0.717, 1.165) is 10.0 Å². The summed E-state index contributed by atoms with van der Waals surface area (Å²) in [5, 5.41) is 0.407. The molecule has 2 aromatic rings. The second kappa shape index (κ2) is 7.36. The second-order valence-electron chi connectivity index (χ2n) is 4.89. The van der Waals surface area contributed by atoms with E-state index in [1.807, 2.05) is 36.2 Å². The average Bonchev–Trinajstić information content (AvgIpc) is 2.45. The van der Waals surface area contributed by atoms with E-state index in [1.165, 1.54) is 6.07 Å². The summed E-state index contributed by atoms with van der Waals surface area (Å²) in [6.07, 6.45) is 0. The van der Waals surface area contributed by atoms with Gasteiger partial charge in [-0.1, -0.05) is 51.8 Å². The van der Waals surface area contributed by atoms with Crippen molar-refractivity contribution in [2.45, 2.75) is 12.6 Å². The number of likely N-dealkylation sites (N-methyl/N-ethyl adjacent to an activating group) is 1. The average molecular weight is 372 g/mol. The summed E-state index contributed by atoms with van der Waals surface area (Å²) in [5.74, 6) is -0.322. The predicted molar refractivity (Wildman–Crippen MR) is 88.8 cm³/mol. The fourth-order valence-corrected chi connectivity index (χ4v) is 3.05. The Morgan fingerprint density at radius 1 is 1.24 bits per heavy atom. The van der Waals surface area contributed by atoms with Crippen LogP contribution in [0, 0.1) is 5.82 Å². The van der Waals surface area contributed by atoms with Crippen molar-refractivity contribution in [1.82, 2.24) is 4.90 Å². The molecule has 0 spiro atoms. The molecule has 1 atom stereocenters. The van der Waals surface area contributed by atoms with Crippen LogP contribution >= 0.6 is 27.5 Å². The molecule has 0 aliphatic heterocycles. The zero-order valence-electron chi connectivity index (χ0n) is 11.7. The highest BCUT2D eigenvalue weighted by atomic mass is 79.9. The summed E-state index contributed by atoms with van der Waals surface area (Å²) >= 11 is 9.67. The number of hydrogen-bond donors (Lipinski definition) is 1. The molecule has 0 aliphatic carbocycles. The SMILES string of the molecule is CN(Cc1ccccc1Br)C(CN)c1c(F)cccc1Cl. The Morgan fingerprint density at radius 3 is 2.57 bits per heavy atom. The lowest BCUT2D eigenvalue weighted by atomic mass is 10.0. The molecule has 0 heterocycles. The van der Waals surface area contributed by atoms with Crippen LogP contribution in [0.2, 0.25) is 5.02 Å². The van der Waals surface area contributed by atoms with Crippen LogP contribution in [0.25, 0.3) is 0 Å². The Bertz CT molecular complexity index is 601. The number of nitrogens with two attached hydrogens (primary N) is 1. The second-order valence-corrected chi connectivity index (χ2v) is 6.15. The van der Waals surface area contributed by atoms with Gasteiger partial charge in [-0.25, -0.2) is 4.39 Å².